The number of aromatic nitrogens is 1. The van der Waals surface area contributed by atoms with E-state index in [1.54, 1.807) is 21.3 Å². The van der Waals surface area contributed by atoms with Crippen LogP contribution in [0.25, 0.3) is 10.2 Å². The number of hydrogen-bond donors (Lipinski definition) is 0. The monoisotopic (exact) mass is 520 g/mol. The van der Waals surface area contributed by atoms with E-state index in [2.05, 4.69) is 4.98 Å². The number of anilines is 1. The van der Waals surface area contributed by atoms with Crippen LogP contribution in [0, 0.1) is 11.6 Å². The standard InChI is InChI=1S/C24H26F2N4O3S2/c25-18-15-20(26)22-21(16-18)34-24(27-22)29-13-11-28(12-14-29)23(31)17-5-7-19(8-6-17)35(32,33)30-9-3-1-2-4-10-30/h5-8,15-16H,1-4,9-14H2. The van der Waals surface area contributed by atoms with E-state index in [9.17, 15) is 22.0 Å². The Labute approximate surface area is 207 Å². The molecular weight excluding hydrogens is 494 g/mol. The number of sulfonamides is 1. The predicted molar refractivity (Wildman–Crippen MR) is 131 cm³/mol. The first-order valence-corrected chi connectivity index (χ1v) is 14.0. The van der Waals surface area contributed by atoms with Gasteiger partial charge in [-0.1, -0.05) is 24.2 Å². The third-order valence-corrected chi connectivity index (χ3v) is 9.52. The number of carbonyl (C=O) groups is 1. The fourth-order valence-corrected chi connectivity index (χ4v) is 7.14. The van der Waals surface area contributed by atoms with Crippen LogP contribution in [0.2, 0.25) is 0 Å². The van der Waals surface area contributed by atoms with Crippen LogP contribution in [0.15, 0.2) is 41.3 Å². The van der Waals surface area contributed by atoms with Gasteiger partial charge in [0.2, 0.25) is 10.0 Å². The van der Waals surface area contributed by atoms with Crippen molar-refractivity contribution < 1.29 is 22.0 Å². The lowest BCUT2D eigenvalue weighted by Crippen LogP contribution is -2.48. The molecule has 35 heavy (non-hydrogen) atoms. The lowest BCUT2D eigenvalue weighted by molar-refractivity contribution is 0.0746. The van der Waals surface area contributed by atoms with Crippen molar-refractivity contribution in [2.75, 3.05) is 44.2 Å². The second-order valence-electron chi connectivity index (χ2n) is 8.85. The normalized spacial score (nSPS) is 18.1. The van der Waals surface area contributed by atoms with E-state index in [0.29, 0.717) is 54.7 Å². The van der Waals surface area contributed by atoms with Gasteiger partial charge in [0.1, 0.15) is 11.3 Å². The molecular formula is C24H26F2N4O3S2. The first-order valence-electron chi connectivity index (χ1n) is 11.7. The molecule has 2 fully saturated rings. The van der Waals surface area contributed by atoms with Crippen LogP contribution in [-0.4, -0.2) is 67.8 Å². The van der Waals surface area contributed by atoms with Gasteiger partial charge in [0, 0.05) is 50.9 Å². The SMILES string of the molecule is O=C(c1ccc(S(=O)(=O)N2CCCCCC2)cc1)N1CCN(c2nc3c(F)cc(F)cc3s2)CC1. The van der Waals surface area contributed by atoms with Crippen molar-refractivity contribution in [2.45, 2.75) is 30.6 Å². The Balaban J connectivity index is 1.23. The van der Waals surface area contributed by atoms with E-state index in [-0.39, 0.29) is 16.3 Å². The minimum absolute atomic E-state index is 0.153. The van der Waals surface area contributed by atoms with Gasteiger partial charge >= 0.3 is 0 Å². The Morgan fingerprint density at radius 1 is 0.886 bits per heavy atom. The molecule has 186 valence electrons. The molecule has 0 bridgehead atoms. The fraction of sp³-hybridized carbons (Fsp3) is 0.417. The summed E-state index contributed by atoms with van der Waals surface area (Å²) in [7, 11) is -3.56. The van der Waals surface area contributed by atoms with E-state index >= 15 is 0 Å². The van der Waals surface area contributed by atoms with E-state index in [1.165, 1.54) is 29.5 Å². The third kappa shape index (κ3) is 4.89. The Kier molecular flexibility index (Phi) is 6.73. The zero-order valence-corrected chi connectivity index (χ0v) is 20.8. The Morgan fingerprint density at radius 2 is 1.54 bits per heavy atom. The number of fused-ring (bicyclic) bond motifs is 1. The Hall–Kier alpha value is -2.63. The molecule has 2 aromatic carbocycles. The van der Waals surface area contributed by atoms with Gasteiger partial charge in [-0.05, 0) is 43.2 Å². The van der Waals surface area contributed by atoms with Crippen molar-refractivity contribution in [3.63, 3.8) is 0 Å². The van der Waals surface area contributed by atoms with Gasteiger partial charge in [-0.15, -0.1) is 0 Å². The summed E-state index contributed by atoms with van der Waals surface area (Å²) in [6.07, 6.45) is 3.82. The molecule has 0 radical (unpaired) electrons. The number of carbonyl (C=O) groups excluding carboxylic acids is 1. The number of amides is 1. The number of halogens is 2. The maximum Gasteiger partial charge on any atom is 0.253 e. The molecule has 2 aliphatic heterocycles. The fourth-order valence-electron chi connectivity index (χ4n) is 4.56. The van der Waals surface area contributed by atoms with Crippen LogP contribution in [0.3, 0.4) is 0 Å². The maximum atomic E-state index is 14.0. The van der Waals surface area contributed by atoms with Gasteiger partial charge in [0.25, 0.3) is 5.91 Å². The Morgan fingerprint density at radius 3 is 2.20 bits per heavy atom. The van der Waals surface area contributed by atoms with Gasteiger partial charge in [-0.25, -0.2) is 22.2 Å². The highest BCUT2D eigenvalue weighted by Gasteiger charge is 2.27. The van der Waals surface area contributed by atoms with E-state index < -0.39 is 21.7 Å². The summed E-state index contributed by atoms with van der Waals surface area (Å²) in [5.41, 5.74) is 0.589. The van der Waals surface area contributed by atoms with Crippen molar-refractivity contribution >= 4 is 42.6 Å². The smallest absolute Gasteiger partial charge is 0.253 e. The average Bonchev–Trinajstić information content (AvgIpc) is 3.09. The van der Waals surface area contributed by atoms with Crippen LogP contribution in [0.5, 0.6) is 0 Å². The Bertz CT molecular complexity index is 1330. The summed E-state index contributed by atoms with van der Waals surface area (Å²) in [6.45, 7) is 2.97. The van der Waals surface area contributed by atoms with Gasteiger partial charge < -0.3 is 9.80 Å². The molecule has 7 nitrogen and oxygen atoms in total. The third-order valence-electron chi connectivity index (χ3n) is 6.54. The molecule has 5 rings (SSSR count). The second kappa shape index (κ2) is 9.79. The number of thiazole rings is 1. The number of piperazine rings is 1. The summed E-state index contributed by atoms with van der Waals surface area (Å²) in [5.74, 6) is -1.48. The van der Waals surface area contributed by atoms with Gasteiger partial charge in [-0.2, -0.15) is 4.31 Å². The molecule has 0 atom stereocenters. The van der Waals surface area contributed by atoms with Crippen LogP contribution in [0.4, 0.5) is 13.9 Å². The van der Waals surface area contributed by atoms with E-state index in [1.807, 2.05) is 4.90 Å². The molecule has 3 heterocycles. The van der Waals surface area contributed by atoms with Crippen LogP contribution in [-0.2, 0) is 10.0 Å². The van der Waals surface area contributed by atoms with Crippen molar-refractivity contribution in [2.24, 2.45) is 0 Å². The zero-order valence-electron chi connectivity index (χ0n) is 19.1. The van der Waals surface area contributed by atoms with Crippen molar-refractivity contribution in [1.82, 2.24) is 14.2 Å². The number of hydrogen-bond acceptors (Lipinski definition) is 6. The summed E-state index contributed by atoms with van der Waals surface area (Å²) >= 11 is 1.23. The highest BCUT2D eigenvalue weighted by Crippen LogP contribution is 2.31. The highest BCUT2D eigenvalue weighted by molar-refractivity contribution is 7.89. The molecule has 2 aliphatic rings. The molecule has 0 N–H and O–H groups in total. The van der Waals surface area contributed by atoms with Crippen molar-refractivity contribution in [1.29, 1.82) is 0 Å². The zero-order chi connectivity index (χ0) is 24.6. The average molecular weight is 521 g/mol. The van der Waals surface area contributed by atoms with Crippen molar-refractivity contribution in [3.8, 4) is 0 Å². The van der Waals surface area contributed by atoms with E-state index in [0.717, 1.165) is 31.7 Å². The molecule has 0 aliphatic carbocycles. The van der Waals surface area contributed by atoms with E-state index in [4.69, 9.17) is 0 Å². The number of nitrogens with zero attached hydrogens (tertiary/aromatic N) is 4. The minimum atomic E-state index is -3.56. The van der Waals surface area contributed by atoms with Gasteiger partial charge in [0.05, 0.1) is 9.60 Å². The molecule has 11 heteroatoms. The number of rotatable bonds is 4. The summed E-state index contributed by atoms with van der Waals surface area (Å²) in [6, 6.07) is 8.27. The highest BCUT2D eigenvalue weighted by atomic mass is 32.2. The summed E-state index contributed by atoms with van der Waals surface area (Å²) in [5, 5.41) is 0.597. The molecule has 0 spiro atoms. The first kappa shape index (κ1) is 24.1. The maximum absolute atomic E-state index is 14.0. The minimum Gasteiger partial charge on any atom is -0.345 e. The largest absolute Gasteiger partial charge is 0.345 e. The number of benzene rings is 2. The molecule has 1 amide bonds. The summed E-state index contributed by atoms with van der Waals surface area (Å²) in [4.78, 5) is 21.2. The van der Waals surface area contributed by atoms with Crippen LogP contribution in [0.1, 0.15) is 36.0 Å². The quantitative estimate of drug-likeness (QED) is 0.518. The first-order chi connectivity index (χ1) is 16.8. The second-order valence-corrected chi connectivity index (χ2v) is 11.8. The molecule has 1 aromatic heterocycles. The van der Waals surface area contributed by atoms with Gasteiger partial charge in [0.15, 0.2) is 10.9 Å². The van der Waals surface area contributed by atoms with Crippen LogP contribution >= 0.6 is 11.3 Å². The molecule has 0 saturated carbocycles. The van der Waals surface area contributed by atoms with Gasteiger partial charge in [-0.3, -0.25) is 4.79 Å². The van der Waals surface area contributed by atoms with Crippen LogP contribution < -0.4 is 4.90 Å². The molecule has 2 saturated heterocycles. The summed E-state index contributed by atoms with van der Waals surface area (Å²) < 4.78 is 55.4. The molecule has 3 aromatic rings. The van der Waals surface area contributed by atoms with Crippen molar-refractivity contribution in [3.05, 3.63) is 53.6 Å². The lowest BCUT2D eigenvalue weighted by Gasteiger charge is -2.34. The predicted octanol–water partition coefficient (Wildman–Crippen LogP) is 4.10. The molecule has 0 unspecified atom stereocenters. The topological polar surface area (TPSA) is 73.8 Å². The lowest BCUT2D eigenvalue weighted by atomic mass is 10.2.